The van der Waals surface area contributed by atoms with E-state index in [1.807, 2.05) is 18.2 Å². The number of sulfonamides is 1. The molecule has 10 nitrogen and oxygen atoms in total. The van der Waals surface area contributed by atoms with Crippen LogP contribution in [-0.2, 0) is 21.4 Å². The number of non-ortho nitro benzene ring substituents is 1. The number of hydrogen-bond acceptors (Lipinski definition) is 6. The van der Waals surface area contributed by atoms with E-state index >= 15 is 0 Å². The molecule has 0 aliphatic carbocycles. The first-order valence-corrected chi connectivity index (χ1v) is 12.4. The Morgan fingerprint density at radius 1 is 1.12 bits per heavy atom. The predicted molar refractivity (Wildman–Crippen MR) is 126 cm³/mol. The van der Waals surface area contributed by atoms with Gasteiger partial charge >= 0.3 is 0 Å². The van der Waals surface area contributed by atoms with Crippen LogP contribution in [0.5, 0.6) is 0 Å². The van der Waals surface area contributed by atoms with Gasteiger partial charge in [0, 0.05) is 48.4 Å². The Morgan fingerprint density at radius 3 is 2.44 bits per heavy atom. The molecule has 1 saturated heterocycles. The number of benzene rings is 2. The lowest BCUT2D eigenvalue weighted by Crippen LogP contribution is -2.41. The molecule has 2 aromatic carbocycles. The molecule has 1 fully saturated rings. The third-order valence-corrected chi connectivity index (χ3v) is 7.97. The summed E-state index contributed by atoms with van der Waals surface area (Å²) in [6, 6.07) is 13.9. The van der Waals surface area contributed by atoms with Gasteiger partial charge in [0.1, 0.15) is 0 Å². The molecule has 34 heavy (non-hydrogen) atoms. The van der Waals surface area contributed by atoms with Gasteiger partial charge < -0.3 is 5.32 Å². The fourth-order valence-corrected chi connectivity index (χ4v) is 5.46. The number of rotatable bonds is 7. The van der Waals surface area contributed by atoms with Crippen LogP contribution in [-0.4, -0.2) is 46.4 Å². The summed E-state index contributed by atoms with van der Waals surface area (Å²) in [5.74, 6) is -0.148. The first-order valence-electron chi connectivity index (χ1n) is 10.6. The van der Waals surface area contributed by atoms with Gasteiger partial charge in [-0.3, -0.25) is 19.6 Å². The van der Waals surface area contributed by atoms with Gasteiger partial charge in [-0.05, 0) is 36.6 Å². The molecule has 1 N–H and O–H groups in total. The second-order valence-electron chi connectivity index (χ2n) is 7.91. The molecule has 0 radical (unpaired) electrons. The zero-order chi connectivity index (χ0) is 24.3. The molecule has 0 spiro atoms. The Kier molecular flexibility index (Phi) is 6.96. The number of hydrogen-bond donors (Lipinski definition) is 1. The molecule has 1 aliphatic heterocycles. The zero-order valence-corrected chi connectivity index (χ0v) is 19.6. The fourth-order valence-electron chi connectivity index (χ4n) is 3.79. The lowest BCUT2D eigenvalue weighted by atomic mass is 9.97. The van der Waals surface area contributed by atoms with Gasteiger partial charge in [-0.15, -0.1) is 0 Å². The van der Waals surface area contributed by atoms with E-state index in [1.54, 1.807) is 23.0 Å². The van der Waals surface area contributed by atoms with E-state index in [1.165, 1.54) is 16.4 Å². The van der Waals surface area contributed by atoms with Crippen LogP contribution in [0.1, 0.15) is 18.4 Å². The zero-order valence-electron chi connectivity index (χ0n) is 18.0. The van der Waals surface area contributed by atoms with Crippen LogP contribution in [0.25, 0.3) is 0 Å². The maximum Gasteiger partial charge on any atom is 0.269 e. The van der Waals surface area contributed by atoms with Gasteiger partial charge in [0.15, 0.2) is 5.82 Å². The van der Waals surface area contributed by atoms with Gasteiger partial charge in [-0.25, -0.2) is 8.42 Å². The molecule has 1 amide bonds. The Hall–Kier alpha value is -3.28. The van der Waals surface area contributed by atoms with Crippen molar-refractivity contribution in [3.8, 4) is 0 Å². The number of aromatic nitrogens is 2. The lowest BCUT2D eigenvalue weighted by Gasteiger charge is -2.30. The third kappa shape index (κ3) is 5.27. The van der Waals surface area contributed by atoms with Crippen molar-refractivity contribution in [3.63, 3.8) is 0 Å². The van der Waals surface area contributed by atoms with Gasteiger partial charge in [-0.1, -0.05) is 29.8 Å². The fraction of sp³-hybridized carbons (Fsp3) is 0.273. The van der Waals surface area contributed by atoms with E-state index in [0.29, 0.717) is 30.2 Å². The van der Waals surface area contributed by atoms with E-state index in [4.69, 9.17) is 11.6 Å². The molecular weight excluding hydrogens is 482 g/mol. The molecule has 1 aromatic heterocycles. The number of nitrogens with zero attached hydrogens (tertiary/aromatic N) is 4. The monoisotopic (exact) mass is 503 g/mol. The second-order valence-corrected chi connectivity index (χ2v) is 10.3. The minimum atomic E-state index is -3.79. The standard InChI is InChI=1S/C22H22ClN5O5S/c23-20-4-2-1-3-17(20)15-26-12-11-21(25-26)24-22(29)16-9-13-27(14-10-16)34(32,33)19-7-5-18(6-8-19)28(30)31/h1-8,11-12,16H,9-10,13-15H2,(H,24,25,29). The minimum absolute atomic E-state index is 0.00920. The number of nitro benzene ring substituents is 1. The maximum atomic E-state index is 12.8. The van der Waals surface area contributed by atoms with Gasteiger partial charge in [0.25, 0.3) is 5.69 Å². The summed E-state index contributed by atoms with van der Waals surface area (Å²) in [5, 5.41) is 18.6. The number of anilines is 1. The molecule has 178 valence electrons. The molecule has 0 bridgehead atoms. The van der Waals surface area contributed by atoms with E-state index in [-0.39, 0.29) is 35.5 Å². The topological polar surface area (TPSA) is 127 Å². The van der Waals surface area contributed by atoms with Crippen molar-refractivity contribution in [2.24, 2.45) is 5.92 Å². The number of amides is 1. The van der Waals surface area contributed by atoms with Crippen molar-refractivity contribution in [1.82, 2.24) is 14.1 Å². The maximum absolute atomic E-state index is 12.8. The summed E-state index contributed by atoms with van der Waals surface area (Å²) < 4.78 is 28.7. The predicted octanol–water partition coefficient (Wildman–Crippen LogP) is 3.53. The van der Waals surface area contributed by atoms with E-state index in [0.717, 1.165) is 17.7 Å². The van der Waals surface area contributed by atoms with Crippen molar-refractivity contribution in [1.29, 1.82) is 0 Å². The van der Waals surface area contributed by atoms with Crippen molar-refractivity contribution in [2.45, 2.75) is 24.3 Å². The Balaban J connectivity index is 1.33. The molecule has 1 aliphatic rings. The molecule has 3 aromatic rings. The van der Waals surface area contributed by atoms with Crippen LogP contribution in [0.4, 0.5) is 11.5 Å². The van der Waals surface area contributed by atoms with E-state index in [9.17, 15) is 23.3 Å². The normalized spacial score (nSPS) is 15.2. The molecule has 2 heterocycles. The third-order valence-electron chi connectivity index (χ3n) is 5.69. The van der Waals surface area contributed by atoms with Crippen LogP contribution in [0, 0.1) is 16.0 Å². The average Bonchev–Trinajstić information content (AvgIpc) is 3.27. The molecule has 0 unspecified atom stereocenters. The first kappa shape index (κ1) is 23.9. The Labute approximate surface area is 201 Å². The summed E-state index contributed by atoms with van der Waals surface area (Å²) in [4.78, 5) is 22.9. The number of piperidine rings is 1. The lowest BCUT2D eigenvalue weighted by molar-refractivity contribution is -0.384. The summed E-state index contributed by atoms with van der Waals surface area (Å²) in [5.41, 5.74) is 0.732. The number of carbonyl (C=O) groups is 1. The van der Waals surface area contributed by atoms with Crippen LogP contribution < -0.4 is 5.32 Å². The van der Waals surface area contributed by atoms with E-state index in [2.05, 4.69) is 10.4 Å². The van der Waals surface area contributed by atoms with Gasteiger partial charge in [0.05, 0.1) is 16.4 Å². The summed E-state index contributed by atoms with van der Waals surface area (Å²) in [6.07, 6.45) is 2.47. The SMILES string of the molecule is O=C(Nc1ccn(Cc2ccccc2Cl)n1)C1CCN(S(=O)(=O)c2ccc([N+](=O)[O-])cc2)CC1. The summed E-state index contributed by atoms with van der Waals surface area (Å²) in [6.45, 7) is 0.825. The molecule has 4 rings (SSSR count). The molecule has 12 heteroatoms. The van der Waals surface area contributed by atoms with Crippen LogP contribution in [0.3, 0.4) is 0 Å². The average molecular weight is 504 g/mol. The number of halogens is 1. The quantitative estimate of drug-likeness (QED) is 0.388. The molecule has 0 atom stereocenters. The number of carbonyl (C=O) groups excluding carboxylic acids is 1. The van der Waals surface area contributed by atoms with Crippen molar-refractivity contribution in [3.05, 3.63) is 81.5 Å². The first-order chi connectivity index (χ1) is 16.2. The summed E-state index contributed by atoms with van der Waals surface area (Å²) >= 11 is 6.18. The highest BCUT2D eigenvalue weighted by Gasteiger charge is 2.32. The van der Waals surface area contributed by atoms with Crippen LogP contribution >= 0.6 is 11.6 Å². The smallest absolute Gasteiger partial charge is 0.269 e. The highest BCUT2D eigenvalue weighted by atomic mass is 35.5. The van der Waals surface area contributed by atoms with Crippen LogP contribution in [0.15, 0.2) is 65.7 Å². The summed E-state index contributed by atoms with van der Waals surface area (Å²) in [7, 11) is -3.79. The van der Waals surface area contributed by atoms with Crippen molar-refractivity contribution in [2.75, 3.05) is 18.4 Å². The largest absolute Gasteiger partial charge is 0.309 e. The highest BCUT2D eigenvalue weighted by Crippen LogP contribution is 2.26. The van der Waals surface area contributed by atoms with Crippen molar-refractivity contribution < 1.29 is 18.1 Å². The van der Waals surface area contributed by atoms with E-state index < -0.39 is 14.9 Å². The molecule has 0 saturated carbocycles. The van der Waals surface area contributed by atoms with Gasteiger partial charge in [-0.2, -0.15) is 9.40 Å². The highest BCUT2D eigenvalue weighted by molar-refractivity contribution is 7.89. The number of nitro groups is 1. The second kappa shape index (κ2) is 9.92. The van der Waals surface area contributed by atoms with Crippen molar-refractivity contribution >= 4 is 39.0 Å². The number of nitrogens with one attached hydrogen (secondary N) is 1. The van der Waals surface area contributed by atoms with Gasteiger partial charge in [0.2, 0.25) is 15.9 Å². The van der Waals surface area contributed by atoms with Crippen LogP contribution in [0.2, 0.25) is 5.02 Å². The minimum Gasteiger partial charge on any atom is -0.309 e. The Morgan fingerprint density at radius 2 is 1.79 bits per heavy atom. The Bertz CT molecular complexity index is 1300. The molecular formula is C22H22ClN5O5S.